The van der Waals surface area contributed by atoms with Crippen molar-refractivity contribution in [2.75, 3.05) is 0 Å². The summed E-state index contributed by atoms with van der Waals surface area (Å²) < 4.78 is 55.8. The van der Waals surface area contributed by atoms with E-state index in [-0.39, 0.29) is 125 Å². The molecular formula is C34H66O12P4. The van der Waals surface area contributed by atoms with E-state index in [2.05, 4.69) is 0 Å². The molecule has 50 heavy (non-hydrogen) atoms. The van der Waals surface area contributed by atoms with Crippen molar-refractivity contribution in [3.05, 3.63) is 34.4 Å². The highest BCUT2D eigenvalue weighted by atomic mass is 31.2. The van der Waals surface area contributed by atoms with E-state index >= 15 is 0 Å². The third kappa shape index (κ3) is 9.02. The van der Waals surface area contributed by atoms with Gasteiger partial charge in [-0.1, -0.05) is 119 Å². The van der Waals surface area contributed by atoms with Gasteiger partial charge in [0, 0.05) is 0 Å². The van der Waals surface area contributed by atoms with Crippen LogP contribution in [0.3, 0.4) is 0 Å². The normalized spacial score (nSPS) is 14.4. The molecule has 0 saturated heterocycles. The van der Waals surface area contributed by atoms with E-state index in [0.717, 1.165) is 0 Å². The molecule has 0 aliphatic carbocycles. The maximum absolute atomic E-state index is 14.0. The van der Waals surface area contributed by atoms with Crippen LogP contribution in [0.25, 0.3) is 0 Å². The lowest BCUT2D eigenvalue weighted by Gasteiger charge is -2.47. The quantitative estimate of drug-likeness (QED) is 0.0458. The van der Waals surface area contributed by atoms with Gasteiger partial charge in [0.15, 0.2) is 0 Å². The third-order valence-corrected chi connectivity index (χ3v) is 17.9. The Hall–Kier alpha value is -0.180. The molecule has 294 valence electrons. The summed E-state index contributed by atoms with van der Waals surface area (Å²) in [6.07, 6.45) is 1.24. The molecule has 0 amide bonds. The van der Waals surface area contributed by atoms with Crippen LogP contribution in [0.5, 0.6) is 0 Å². The Bertz CT molecular complexity index is 1200. The van der Waals surface area contributed by atoms with E-state index in [4.69, 9.17) is 0 Å². The van der Waals surface area contributed by atoms with Crippen LogP contribution in [0, 0.1) is 0 Å². The molecule has 0 radical (unpaired) electrons. The fourth-order valence-electron chi connectivity index (χ4n) is 8.82. The van der Waals surface area contributed by atoms with Crippen LogP contribution in [0.4, 0.5) is 0 Å². The van der Waals surface area contributed by atoms with Gasteiger partial charge in [-0.2, -0.15) is 0 Å². The largest absolute Gasteiger partial charge is 0.336 e. The smallest absolute Gasteiger partial charge is 0.324 e. The Morgan fingerprint density at radius 2 is 0.460 bits per heavy atom. The van der Waals surface area contributed by atoms with Crippen LogP contribution >= 0.6 is 30.4 Å². The second kappa shape index (κ2) is 18.4. The van der Waals surface area contributed by atoms with E-state index in [1.165, 1.54) is 12.1 Å². The number of hydrogen-bond acceptors (Lipinski definition) is 4. The number of benzene rings is 1. The van der Waals surface area contributed by atoms with Gasteiger partial charge < -0.3 is 39.1 Å². The average molecular weight is 791 g/mol. The maximum Gasteiger partial charge on any atom is 0.336 e. The van der Waals surface area contributed by atoms with Crippen LogP contribution in [-0.4, -0.2) is 39.1 Å². The first kappa shape index (κ1) is 47.8. The van der Waals surface area contributed by atoms with Gasteiger partial charge in [-0.05, 0) is 73.6 Å². The van der Waals surface area contributed by atoms with Gasteiger partial charge in [0.2, 0.25) is 0 Å². The van der Waals surface area contributed by atoms with Gasteiger partial charge in [-0.15, -0.1) is 0 Å². The van der Waals surface area contributed by atoms with Gasteiger partial charge in [-0.3, -0.25) is 18.3 Å². The Morgan fingerprint density at radius 3 is 0.540 bits per heavy atom. The molecule has 8 N–H and O–H groups in total. The van der Waals surface area contributed by atoms with Gasteiger partial charge in [0.05, 0.1) is 20.6 Å². The molecule has 0 unspecified atom stereocenters. The molecule has 0 aliphatic heterocycles. The second-order valence-electron chi connectivity index (χ2n) is 14.2. The molecule has 0 bridgehead atoms. The molecule has 0 saturated carbocycles. The number of rotatable bonds is 24. The minimum Gasteiger partial charge on any atom is -0.324 e. The summed E-state index contributed by atoms with van der Waals surface area (Å²) in [5, 5.41) is -8.05. The summed E-state index contributed by atoms with van der Waals surface area (Å²) in [4.78, 5) is 90.6. The standard InChI is InChI=1S/C34H66O12P4/c1-9-17-31(18-10-2,47(35,36)37)27-25-29(33(21-13-5,22-14-6)49(41,42)43)30(34(23-15-7,24-16-8)50(44,45)46)26-28(27)32(19-11-3,20-12-4)48(38,39)40/h25-26H,9-24H2,1-8H3,(H2,35,36,37)(H2,38,39,40)(H2,41,42,43)(H2,44,45,46). The van der Waals surface area contributed by atoms with E-state index < -0.39 is 51.0 Å². The number of hydrogen-bond donors (Lipinski definition) is 8. The van der Waals surface area contributed by atoms with Crippen molar-refractivity contribution in [2.24, 2.45) is 0 Å². The summed E-state index contributed by atoms with van der Waals surface area (Å²) in [6.45, 7) is 13.9. The van der Waals surface area contributed by atoms with E-state index in [0.29, 0.717) is 0 Å². The molecule has 1 aromatic rings. The van der Waals surface area contributed by atoms with Crippen LogP contribution in [0.15, 0.2) is 12.1 Å². The van der Waals surface area contributed by atoms with Gasteiger partial charge >= 0.3 is 30.4 Å². The van der Waals surface area contributed by atoms with Crippen molar-refractivity contribution in [3.8, 4) is 0 Å². The first-order valence-electron chi connectivity index (χ1n) is 18.4. The molecule has 16 heteroatoms. The van der Waals surface area contributed by atoms with Crippen molar-refractivity contribution in [3.63, 3.8) is 0 Å². The Labute approximate surface area is 300 Å². The second-order valence-corrected chi connectivity index (χ2v) is 22.0. The molecule has 0 aromatic heterocycles. The molecule has 0 heterocycles. The SMILES string of the molecule is CCCC(CCC)(c1cc(C(CCC)(CCC)P(=O)(O)O)c(C(CCC)(CCC)P(=O)(O)O)cc1C(CCC)(CCC)P(=O)(O)O)P(=O)(O)O. The predicted octanol–water partition coefficient (Wildman–Crippen LogP) is 9.58. The van der Waals surface area contributed by atoms with Crippen molar-refractivity contribution in [1.29, 1.82) is 0 Å². The fraction of sp³-hybridized carbons (Fsp3) is 0.824. The minimum absolute atomic E-state index is 0.101. The highest BCUT2D eigenvalue weighted by Crippen LogP contribution is 2.73. The lowest BCUT2D eigenvalue weighted by atomic mass is 9.72. The van der Waals surface area contributed by atoms with Crippen LogP contribution in [-0.2, 0) is 38.9 Å². The zero-order chi connectivity index (χ0) is 39.0. The molecule has 0 spiro atoms. The molecule has 0 aliphatic rings. The predicted molar refractivity (Wildman–Crippen MR) is 201 cm³/mol. The Morgan fingerprint density at radius 1 is 0.340 bits per heavy atom. The Balaban J connectivity index is 5.41. The van der Waals surface area contributed by atoms with Crippen LogP contribution < -0.4 is 0 Å². The third-order valence-electron chi connectivity index (χ3n) is 10.7. The molecular weight excluding hydrogens is 724 g/mol. The van der Waals surface area contributed by atoms with Gasteiger partial charge in [0.25, 0.3) is 0 Å². The topological polar surface area (TPSA) is 230 Å². The van der Waals surface area contributed by atoms with Crippen molar-refractivity contribution >= 4 is 30.4 Å². The summed E-state index contributed by atoms with van der Waals surface area (Å²) in [6, 6.07) is 2.65. The molecule has 12 nitrogen and oxygen atoms in total. The summed E-state index contributed by atoms with van der Waals surface area (Å²) in [7, 11) is -20.8. The highest BCUT2D eigenvalue weighted by Gasteiger charge is 2.59. The first-order chi connectivity index (χ1) is 22.9. The lowest BCUT2D eigenvalue weighted by Crippen LogP contribution is -2.39. The molecule has 0 fully saturated rings. The first-order valence-corrected chi connectivity index (χ1v) is 24.8. The van der Waals surface area contributed by atoms with Crippen molar-refractivity contribution in [1.82, 2.24) is 0 Å². The summed E-state index contributed by atoms with van der Waals surface area (Å²) in [5.41, 5.74) is -0.403. The van der Waals surface area contributed by atoms with Crippen LogP contribution in [0.2, 0.25) is 0 Å². The average Bonchev–Trinajstić information content (AvgIpc) is 2.97. The van der Waals surface area contributed by atoms with Gasteiger partial charge in [0.1, 0.15) is 0 Å². The van der Waals surface area contributed by atoms with E-state index in [9.17, 15) is 57.4 Å². The van der Waals surface area contributed by atoms with Gasteiger partial charge in [-0.25, -0.2) is 0 Å². The lowest BCUT2D eigenvalue weighted by molar-refractivity contribution is 0.282. The minimum atomic E-state index is -5.21. The maximum atomic E-state index is 14.0. The Kier molecular flexibility index (Phi) is 17.6. The molecule has 1 rings (SSSR count). The fourth-order valence-corrected chi connectivity index (χ4v) is 14.9. The summed E-state index contributed by atoms with van der Waals surface area (Å²) >= 11 is 0. The van der Waals surface area contributed by atoms with E-state index in [1.54, 1.807) is 55.4 Å². The van der Waals surface area contributed by atoms with Crippen LogP contribution in [0.1, 0.15) is 180 Å². The highest BCUT2D eigenvalue weighted by molar-refractivity contribution is 7.54. The molecule has 0 atom stereocenters. The zero-order valence-corrected chi connectivity index (χ0v) is 35.0. The van der Waals surface area contributed by atoms with E-state index in [1.807, 2.05) is 0 Å². The van der Waals surface area contributed by atoms with Crippen molar-refractivity contribution < 1.29 is 57.4 Å². The zero-order valence-electron chi connectivity index (χ0n) is 31.5. The monoisotopic (exact) mass is 790 g/mol. The molecule has 1 aromatic carbocycles. The van der Waals surface area contributed by atoms with Crippen molar-refractivity contribution in [2.45, 2.75) is 179 Å². The summed E-state index contributed by atoms with van der Waals surface area (Å²) in [5.74, 6) is 0.